The largest absolute Gasteiger partial charge is 0.478 e. The number of sulfonamides is 1. The number of nitro benzene ring substituents is 1. The number of halogens is 3. The average molecular weight is 497 g/mol. The highest BCUT2D eigenvalue weighted by Gasteiger charge is 2.35. The number of nitrogens with zero attached hydrogens (tertiary/aromatic N) is 1. The lowest BCUT2D eigenvalue weighted by molar-refractivity contribution is -0.388. The Morgan fingerprint density at radius 2 is 1.78 bits per heavy atom. The van der Waals surface area contributed by atoms with Crippen LogP contribution in [0.25, 0.3) is 0 Å². The molecule has 1 aromatic heterocycles. The number of rotatable bonds is 7. The molecule has 0 aliphatic rings. The number of anilines is 1. The van der Waals surface area contributed by atoms with Crippen molar-refractivity contribution in [2.45, 2.75) is 17.6 Å². The number of hydrogen-bond donors (Lipinski definition) is 4. The van der Waals surface area contributed by atoms with E-state index in [4.69, 9.17) is 10.2 Å². The fourth-order valence-electron chi connectivity index (χ4n) is 2.24. The predicted molar refractivity (Wildman–Crippen MR) is 99.7 cm³/mol. The normalized spacial score (nSPS) is 11.7. The summed E-state index contributed by atoms with van der Waals surface area (Å²) in [5.74, 6) is -5.04. The van der Waals surface area contributed by atoms with Crippen LogP contribution >= 0.6 is 11.3 Å². The van der Waals surface area contributed by atoms with Crippen LogP contribution in [0.15, 0.2) is 29.2 Å². The molecule has 2 rings (SSSR count). The van der Waals surface area contributed by atoms with Gasteiger partial charge in [0.25, 0.3) is 5.69 Å². The summed E-state index contributed by atoms with van der Waals surface area (Å²) in [5.41, 5.74) is -3.33. The number of thiophene rings is 1. The van der Waals surface area contributed by atoms with E-state index in [2.05, 4.69) is 0 Å². The Hall–Kier alpha value is -3.57. The van der Waals surface area contributed by atoms with E-state index in [9.17, 15) is 46.1 Å². The van der Waals surface area contributed by atoms with E-state index in [1.54, 1.807) is 0 Å². The lowest BCUT2D eigenvalue weighted by atomic mass is 10.2. The maximum atomic E-state index is 12.8. The molecule has 12 nitrogen and oxygen atoms in total. The summed E-state index contributed by atoms with van der Waals surface area (Å²) >= 11 is 0.500. The van der Waals surface area contributed by atoms with Crippen molar-refractivity contribution < 1.29 is 51.1 Å². The van der Waals surface area contributed by atoms with Crippen LogP contribution in [-0.4, -0.2) is 41.4 Å². The van der Waals surface area contributed by atoms with Gasteiger partial charge in [-0.1, -0.05) is 0 Å². The minimum absolute atomic E-state index is 0.0544. The molecule has 0 radical (unpaired) electrons. The van der Waals surface area contributed by atoms with E-state index < -0.39 is 72.2 Å². The van der Waals surface area contributed by atoms with Gasteiger partial charge in [0.05, 0.1) is 16.1 Å². The number of nitro groups is 1. The van der Waals surface area contributed by atoms with Crippen LogP contribution in [0.5, 0.6) is 0 Å². The third-order valence-electron chi connectivity index (χ3n) is 3.64. The van der Waals surface area contributed by atoms with E-state index in [-0.39, 0.29) is 10.9 Å². The van der Waals surface area contributed by atoms with Crippen LogP contribution in [0.2, 0.25) is 0 Å². The second kappa shape index (κ2) is 8.89. The molecule has 1 amide bonds. The maximum Gasteiger partial charge on any atom is 0.416 e. The first-order chi connectivity index (χ1) is 14.6. The number of hydrogen-bond acceptors (Lipinski definition) is 8. The molecule has 4 N–H and O–H groups in total. The number of aliphatic carboxylic acids is 1. The fourth-order valence-corrected chi connectivity index (χ4v) is 4.48. The first kappa shape index (κ1) is 24.7. The third kappa shape index (κ3) is 5.56. The Kier molecular flexibility index (Phi) is 6.86. The number of carbonyl (C=O) groups is 3. The van der Waals surface area contributed by atoms with Crippen LogP contribution in [0.4, 0.5) is 23.9 Å². The van der Waals surface area contributed by atoms with Gasteiger partial charge in [-0.15, -0.1) is 11.3 Å². The number of aromatic carboxylic acids is 1. The molecular weight excluding hydrogens is 487 g/mol. The first-order valence-electron chi connectivity index (χ1n) is 7.89. The number of alkyl halides is 3. The molecule has 1 heterocycles. The van der Waals surface area contributed by atoms with Crippen molar-refractivity contribution in [3.05, 3.63) is 50.4 Å². The molecule has 0 unspecified atom stereocenters. The summed E-state index contributed by atoms with van der Waals surface area (Å²) in [5, 5.41) is 30.2. The fraction of sp³-hybridized carbons (Fsp3) is 0.133. The lowest BCUT2D eigenvalue weighted by Crippen LogP contribution is -2.24. The maximum absolute atomic E-state index is 12.8. The Labute approximate surface area is 179 Å². The molecule has 0 aliphatic heterocycles. The molecule has 17 heteroatoms. The van der Waals surface area contributed by atoms with Crippen molar-refractivity contribution >= 4 is 49.9 Å². The van der Waals surface area contributed by atoms with Gasteiger partial charge in [0.15, 0.2) is 4.90 Å². The van der Waals surface area contributed by atoms with Gasteiger partial charge in [0.1, 0.15) is 5.00 Å². The Bertz CT molecular complexity index is 1220. The topological polar surface area (TPSA) is 193 Å². The van der Waals surface area contributed by atoms with Crippen LogP contribution in [-0.2, 0) is 32.3 Å². The van der Waals surface area contributed by atoms with E-state index in [1.165, 1.54) is 0 Å². The van der Waals surface area contributed by atoms with Crippen molar-refractivity contribution in [1.82, 2.24) is 4.72 Å². The van der Waals surface area contributed by atoms with Crippen molar-refractivity contribution in [2.75, 3.05) is 5.32 Å². The number of carbonyl (C=O) groups excluding carboxylic acids is 1. The number of carboxylic acids is 2. The number of amides is 1. The molecule has 0 atom stereocenters. The minimum Gasteiger partial charge on any atom is -0.478 e. The predicted octanol–water partition coefficient (Wildman–Crippen LogP) is 1.87. The summed E-state index contributed by atoms with van der Waals surface area (Å²) in [4.78, 5) is 41.8. The molecule has 0 aliphatic carbocycles. The molecule has 0 saturated carbocycles. The van der Waals surface area contributed by atoms with E-state index in [0.717, 1.165) is 6.07 Å². The van der Waals surface area contributed by atoms with Gasteiger partial charge in [-0.2, -0.15) is 13.2 Å². The molecule has 1 aromatic carbocycles. The number of benzene rings is 1. The summed E-state index contributed by atoms with van der Waals surface area (Å²) in [6, 6.07) is 1.71. The zero-order chi connectivity index (χ0) is 24.4. The van der Waals surface area contributed by atoms with Crippen molar-refractivity contribution in [3.63, 3.8) is 0 Å². The lowest BCUT2D eigenvalue weighted by Gasteiger charge is -2.10. The molecule has 32 heavy (non-hydrogen) atoms. The second-order valence-corrected chi connectivity index (χ2v) is 8.65. The molecule has 0 spiro atoms. The zero-order valence-corrected chi connectivity index (χ0v) is 16.8. The van der Waals surface area contributed by atoms with Crippen molar-refractivity contribution in [1.29, 1.82) is 0 Å². The first-order valence-corrected chi connectivity index (χ1v) is 10.2. The Morgan fingerprint density at radius 3 is 2.28 bits per heavy atom. The van der Waals surface area contributed by atoms with Gasteiger partial charge in [-0.3, -0.25) is 14.9 Å². The molecule has 172 valence electrons. The minimum atomic E-state index is -4.96. The van der Waals surface area contributed by atoms with Crippen LogP contribution in [0.1, 0.15) is 20.8 Å². The smallest absolute Gasteiger partial charge is 0.416 e. The molecule has 0 bridgehead atoms. The summed E-state index contributed by atoms with van der Waals surface area (Å²) in [6.45, 7) is -0.672. The highest BCUT2D eigenvalue weighted by Crippen LogP contribution is 2.35. The second-order valence-electron chi connectivity index (χ2n) is 5.78. The van der Waals surface area contributed by atoms with Crippen LogP contribution in [0, 0.1) is 10.1 Å². The average Bonchev–Trinajstić information content (AvgIpc) is 3.08. The Balaban J connectivity index is 2.34. The SMILES string of the molecule is O=C(O)C(=O)Nc1sc(CNS(=O)(=O)c2ccc(C(F)(F)F)cc2[N+](=O)[O-])cc1C(=O)O. The van der Waals surface area contributed by atoms with Crippen molar-refractivity contribution in [3.8, 4) is 0 Å². The molecule has 0 fully saturated rings. The van der Waals surface area contributed by atoms with Gasteiger partial charge in [0.2, 0.25) is 10.0 Å². The van der Waals surface area contributed by atoms with E-state index >= 15 is 0 Å². The highest BCUT2D eigenvalue weighted by atomic mass is 32.2. The summed E-state index contributed by atoms with van der Waals surface area (Å²) in [6.07, 6.45) is -4.96. The number of carboxylic acid groups (broad SMARTS) is 2. The van der Waals surface area contributed by atoms with Gasteiger partial charge < -0.3 is 15.5 Å². The highest BCUT2D eigenvalue weighted by molar-refractivity contribution is 7.89. The standard InChI is InChI=1S/C15H10F3N3O9S2/c16-15(17,18)6-1-2-10(9(3-6)21(27)28)32(29,30)19-5-7-4-8(13(23)24)12(31-7)20-11(22)14(25)26/h1-4,19H,5H2,(H,20,22)(H,23,24)(H,25,26). The third-order valence-corrected chi connectivity index (χ3v) is 6.14. The van der Waals surface area contributed by atoms with Crippen LogP contribution < -0.4 is 10.0 Å². The van der Waals surface area contributed by atoms with Crippen molar-refractivity contribution in [2.24, 2.45) is 0 Å². The molecule has 0 saturated heterocycles. The quantitative estimate of drug-likeness (QED) is 0.251. The number of nitrogens with one attached hydrogen (secondary N) is 2. The Morgan fingerprint density at radius 1 is 1.16 bits per heavy atom. The van der Waals surface area contributed by atoms with Gasteiger partial charge in [0, 0.05) is 17.5 Å². The van der Waals surface area contributed by atoms with Gasteiger partial charge >= 0.3 is 24.0 Å². The zero-order valence-electron chi connectivity index (χ0n) is 15.2. The summed E-state index contributed by atoms with van der Waals surface area (Å²) < 4.78 is 65.1. The van der Waals surface area contributed by atoms with Gasteiger partial charge in [-0.05, 0) is 18.2 Å². The molecular formula is C15H10F3N3O9S2. The van der Waals surface area contributed by atoms with E-state index in [0.29, 0.717) is 23.5 Å². The van der Waals surface area contributed by atoms with Crippen LogP contribution in [0.3, 0.4) is 0 Å². The van der Waals surface area contributed by atoms with Gasteiger partial charge in [-0.25, -0.2) is 22.7 Å². The summed E-state index contributed by atoms with van der Waals surface area (Å²) in [7, 11) is -4.74. The van der Waals surface area contributed by atoms with E-state index in [1.807, 2.05) is 10.0 Å². The monoisotopic (exact) mass is 497 g/mol. The molecule has 2 aromatic rings.